The molecule has 0 unspecified atom stereocenters. The lowest BCUT2D eigenvalue weighted by molar-refractivity contribution is 0.268. The number of nitrogens with one attached hydrogen (secondary N) is 1. The van der Waals surface area contributed by atoms with Crippen LogP contribution in [0.1, 0.15) is 44.6 Å². The monoisotopic (exact) mass is 283 g/mol. The molecule has 21 heavy (non-hydrogen) atoms. The number of benzene rings is 2. The highest BCUT2D eigenvalue weighted by Crippen LogP contribution is 2.40. The maximum atomic E-state index is 10.2. The molecule has 0 saturated heterocycles. The van der Waals surface area contributed by atoms with Crippen molar-refractivity contribution in [1.29, 1.82) is 0 Å². The Hall–Kier alpha value is -1.54. The second-order valence-electron chi connectivity index (χ2n) is 6.45. The zero-order valence-corrected chi connectivity index (χ0v) is 12.9. The molecule has 0 spiro atoms. The summed E-state index contributed by atoms with van der Waals surface area (Å²) >= 11 is 0. The Labute approximate surface area is 127 Å². The van der Waals surface area contributed by atoms with Crippen molar-refractivity contribution >= 4 is 10.8 Å². The van der Waals surface area contributed by atoms with Gasteiger partial charge in [-0.2, -0.15) is 0 Å². The quantitative estimate of drug-likeness (QED) is 0.840. The lowest BCUT2D eigenvalue weighted by Crippen LogP contribution is -2.31. The summed E-state index contributed by atoms with van der Waals surface area (Å²) in [7, 11) is 0. The largest absolute Gasteiger partial charge is 0.508 e. The van der Waals surface area contributed by atoms with Crippen LogP contribution in [0.3, 0.4) is 0 Å². The minimum Gasteiger partial charge on any atom is -0.508 e. The summed E-state index contributed by atoms with van der Waals surface area (Å²) in [6.07, 6.45) is 6.68. The fourth-order valence-corrected chi connectivity index (χ4v) is 3.74. The van der Waals surface area contributed by atoms with E-state index in [1.165, 1.54) is 37.5 Å². The molecule has 0 aliphatic heterocycles. The summed E-state index contributed by atoms with van der Waals surface area (Å²) in [5, 5.41) is 16.1. The molecule has 1 aliphatic carbocycles. The van der Waals surface area contributed by atoms with Crippen molar-refractivity contribution in [3.63, 3.8) is 0 Å². The molecule has 0 radical (unpaired) electrons. The summed E-state index contributed by atoms with van der Waals surface area (Å²) in [6.45, 7) is 4.11. The SMILES string of the molecule is CCC1(CNCc2c(O)ccc3ccccc23)CCCC1. The Bertz CT molecular complexity index is 614. The first-order valence-corrected chi connectivity index (χ1v) is 8.14. The van der Waals surface area contributed by atoms with Gasteiger partial charge in [-0.25, -0.2) is 0 Å². The molecule has 0 aromatic heterocycles. The summed E-state index contributed by atoms with van der Waals surface area (Å²) < 4.78 is 0. The number of hydrogen-bond donors (Lipinski definition) is 2. The van der Waals surface area contributed by atoms with Crippen LogP contribution in [0.25, 0.3) is 10.8 Å². The lowest BCUT2D eigenvalue weighted by Gasteiger charge is -2.28. The predicted octanol–water partition coefficient (Wildman–Crippen LogP) is 4.61. The second-order valence-corrected chi connectivity index (χ2v) is 6.45. The average molecular weight is 283 g/mol. The van der Waals surface area contributed by atoms with Crippen molar-refractivity contribution in [3.8, 4) is 5.75 Å². The maximum Gasteiger partial charge on any atom is 0.120 e. The van der Waals surface area contributed by atoms with Crippen molar-refractivity contribution < 1.29 is 5.11 Å². The van der Waals surface area contributed by atoms with Gasteiger partial charge < -0.3 is 10.4 Å². The van der Waals surface area contributed by atoms with Gasteiger partial charge in [-0.15, -0.1) is 0 Å². The van der Waals surface area contributed by atoms with E-state index in [9.17, 15) is 5.11 Å². The van der Waals surface area contributed by atoms with Gasteiger partial charge >= 0.3 is 0 Å². The van der Waals surface area contributed by atoms with Crippen LogP contribution in [0, 0.1) is 5.41 Å². The third kappa shape index (κ3) is 2.91. The molecule has 112 valence electrons. The summed E-state index contributed by atoms with van der Waals surface area (Å²) in [4.78, 5) is 0. The maximum absolute atomic E-state index is 10.2. The molecule has 2 nitrogen and oxygen atoms in total. The first-order valence-electron chi connectivity index (χ1n) is 8.14. The van der Waals surface area contributed by atoms with E-state index in [1.807, 2.05) is 24.3 Å². The summed E-state index contributed by atoms with van der Waals surface area (Å²) in [5.41, 5.74) is 1.51. The van der Waals surface area contributed by atoms with E-state index in [2.05, 4.69) is 24.4 Å². The van der Waals surface area contributed by atoms with Crippen molar-refractivity contribution in [2.75, 3.05) is 6.54 Å². The normalized spacial score (nSPS) is 17.4. The number of fused-ring (bicyclic) bond motifs is 1. The van der Waals surface area contributed by atoms with Gasteiger partial charge in [0.2, 0.25) is 0 Å². The highest BCUT2D eigenvalue weighted by molar-refractivity contribution is 5.87. The van der Waals surface area contributed by atoms with E-state index in [-0.39, 0.29) is 0 Å². The van der Waals surface area contributed by atoms with Crippen LogP contribution >= 0.6 is 0 Å². The molecule has 2 aromatic rings. The zero-order chi connectivity index (χ0) is 14.7. The smallest absolute Gasteiger partial charge is 0.120 e. The molecule has 0 heterocycles. The van der Waals surface area contributed by atoms with Gasteiger partial charge in [0.25, 0.3) is 0 Å². The molecule has 2 N–H and O–H groups in total. The third-order valence-corrected chi connectivity index (χ3v) is 5.23. The Balaban J connectivity index is 1.74. The molecule has 2 aromatic carbocycles. The van der Waals surface area contributed by atoms with E-state index in [0.29, 0.717) is 11.2 Å². The Morgan fingerprint density at radius 3 is 2.62 bits per heavy atom. The van der Waals surface area contributed by atoms with Crippen LogP contribution in [-0.4, -0.2) is 11.7 Å². The highest BCUT2D eigenvalue weighted by atomic mass is 16.3. The van der Waals surface area contributed by atoms with Crippen LogP contribution in [0.15, 0.2) is 36.4 Å². The Kier molecular flexibility index (Phi) is 4.16. The van der Waals surface area contributed by atoms with Crippen LogP contribution < -0.4 is 5.32 Å². The summed E-state index contributed by atoms with van der Waals surface area (Å²) in [6, 6.07) is 12.1. The van der Waals surface area contributed by atoms with Crippen LogP contribution in [-0.2, 0) is 6.54 Å². The van der Waals surface area contributed by atoms with Gasteiger partial charge in [-0.05, 0) is 41.5 Å². The van der Waals surface area contributed by atoms with Crippen LogP contribution in [0.5, 0.6) is 5.75 Å². The van der Waals surface area contributed by atoms with Crippen molar-refractivity contribution in [2.45, 2.75) is 45.6 Å². The lowest BCUT2D eigenvalue weighted by atomic mass is 9.83. The molecule has 1 aliphatic rings. The number of phenols is 1. The average Bonchev–Trinajstić information content (AvgIpc) is 2.99. The van der Waals surface area contributed by atoms with Crippen LogP contribution in [0.4, 0.5) is 0 Å². The van der Waals surface area contributed by atoms with E-state index < -0.39 is 0 Å². The fourth-order valence-electron chi connectivity index (χ4n) is 3.74. The number of aromatic hydroxyl groups is 1. The van der Waals surface area contributed by atoms with E-state index >= 15 is 0 Å². The molecule has 0 bridgehead atoms. The highest BCUT2D eigenvalue weighted by Gasteiger charge is 2.31. The second kappa shape index (κ2) is 6.07. The molecule has 1 saturated carbocycles. The molecule has 0 amide bonds. The minimum atomic E-state index is 0.401. The molecule has 2 heteroatoms. The zero-order valence-electron chi connectivity index (χ0n) is 12.9. The number of hydrogen-bond acceptors (Lipinski definition) is 2. The standard InChI is InChI=1S/C19H25NO/c1-2-19(11-5-6-12-19)14-20-13-17-16-8-4-3-7-15(16)9-10-18(17)21/h3-4,7-10,20-21H,2,5-6,11-14H2,1H3. The first-order chi connectivity index (χ1) is 10.2. The van der Waals surface area contributed by atoms with Crippen LogP contribution in [0.2, 0.25) is 0 Å². The fraction of sp³-hybridized carbons (Fsp3) is 0.474. The van der Waals surface area contributed by atoms with E-state index in [0.717, 1.165) is 24.0 Å². The predicted molar refractivity (Wildman–Crippen MR) is 88.5 cm³/mol. The Morgan fingerprint density at radius 2 is 1.86 bits per heavy atom. The number of phenolic OH excluding ortho intramolecular Hbond substituents is 1. The summed E-state index contributed by atoms with van der Waals surface area (Å²) in [5.74, 6) is 0.401. The van der Waals surface area contributed by atoms with Crippen molar-refractivity contribution in [1.82, 2.24) is 5.32 Å². The molecule has 3 rings (SSSR count). The van der Waals surface area contributed by atoms with E-state index in [1.54, 1.807) is 0 Å². The van der Waals surface area contributed by atoms with Gasteiger partial charge in [-0.3, -0.25) is 0 Å². The number of rotatable bonds is 5. The van der Waals surface area contributed by atoms with Gasteiger partial charge in [0.05, 0.1) is 0 Å². The van der Waals surface area contributed by atoms with Gasteiger partial charge in [0, 0.05) is 18.7 Å². The minimum absolute atomic E-state index is 0.401. The molecule has 1 fully saturated rings. The van der Waals surface area contributed by atoms with Crippen molar-refractivity contribution in [2.24, 2.45) is 5.41 Å². The molecule has 0 atom stereocenters. The topological polar surface area (TPSA) is 32.3 Å². The first kappa shape index (κ1) is 14.4. The van der Waals surface area contributed by atoms with Gasteiger partial charge in [0.15, 0.2) is 0 Å². The van der Waals surface area contributed by atoms with Gasteiger partial charge in [0.1, 0.15) is 5.75 Å². The third-order valence-electron chi connectivity index (χ3n) is 5.23. The molecular formula is C19H25NO. The molecular weight excluding hydrogens is 258 g/mol. The van der Waals surface area contributed by atoms with E-state index in [4.69, 9.17) is 0 Å². The Morgan fingerprint density at radius 1 is 1.10 bits per heavy atom. The van der Waals surface area contributed by atoms with Crippen molar-refractivity contribution in [3.05, 3.63) is 42.0 Å². The van der Waals surface area contributed by atoms with Gasteiger partial charge in [-0.1, -0.05) is 50.1 Å².